The zero-order valence-electron chi connectivity index (χ0n) is 16.4. The van der Waals surface area contributed by atoms with Gasteiger partial charge in [-0.05, 0) is 64.2 Å². The van der Waals surface area contributed by atoms with E-state index in [9.17, 15) is 4.79 Å². The minimum absolute atomic E-state index is 0.110. The molecule has 3 aromatic rings. The molecule has 1 saturated heterocycles. The number of fused-ring (bicyclic) bond motifs is 1. The first-order chi connectivity index (χ1) is 12.9. The zero-order valence-corrected chi connectivity index (χ0v) is 16.4. The number of aromatic nitrogens is 3. The molecule has 1 atom stereocenters. The zero-order chi connectivity index (χ0) is 19.1. The maximum atomic E-state index is 13.2. The second-order valence-electron chi connectivity index (χ2n) is 7.69. The van der Waals surface area contributed by atoms with Crippen LogP contribution in [0.1, 0.15) is 59.4 Å². The highest BCUT2D eigenvalue weighted by Gasteiger charge is 2.32. The Morgan fingerprint density at radius 1 is 1.26 bits per heavy atom. The predicted molar refractivity (Wildman–Crippen MR) is 104 cm³/mol. The molecule has 4 rings (SSSR count). The van der Waals surface area contributed by atoms with Crippen LogP contribution in [0.15, 0.2) is 16.7 Å². The van der Waals surface area contributed by atoms with Crippen molar-refractivity contribution >= 4 is 16.8 Å². The van der Waals surface area contributed by atoms with Gasteiger partial charge in [-0.25, -0.2) is 0 Å². The Morgan fingerprint density at radius 2 is 2.07 bits per heavy atom. The highest BCUT2D eigenvalue weighted by molar-refractivity contribution is 5.92. The Balaban J connectivity index is 1.65. The molecule has 1 fully saturated rings. The summed E-state index contributed by atoms with van der Waals surface area (Å²) in [6.07, 6.45) is 3.34. The van der Waals surface area contributed by atoms with Crippen molar-refractivity contribution < 1.29 is 9.32 Å². The fourth-order valence-corrected chi connectivity index (χ4v) is 4.25. The van der Waals surface area contributed by atoms with Crippen LogP contribution in [0.5, 0.6) is 0 Å². The highest BCUT2D eigenvalue weighted by atomic mass is 16.5. The van der Waals surface area contributed by atoms with Crippen molar-refractivity contribution in [3.8, 4) is 0 Å². The van der Waals surface area contributed by atoms with Crippen LogP contribution >= 0.6 is 0 Å². The fourth-order valence-electron chi connectivity index (χ4n) is 4.25. The van der Waals surface area contributed by atoms with Crippen LogP contribution in [0.2, 0.25) is 0 Å². The number of aryl methyl sites for hydroxylation is 4. The second kappa shape index (κ2) is 6.83. The monoisotopic (exact) mass is 366 g/mol. The standard InChI is InChI=1S/C21H26N4O2/c1-12-9-13(2)20-17(10-12)16(14(3)22-20)11-19(26)25-8-6-5-7-18(25)21-23-15(4)24-27-21/h9-10,18,22H,5-8,11H2,1-4H3/t18-/m0/s1. The molecule has 6 nitrogen and oxygen atoms in total. The Hall–Kier alpha value is -2.63. The summed E-state index contributed by atoms with van der Waals surface area (Å²) >= 11 is 0. The van der Waals surface area contributed by atoms with E-state index in [1.54, 1.807) is 0 Å². The molecule has 0 saturated carbocycles. The summed E-state index contributed by atoms with van der Waals surface area (Å²) in [7, 11) is 0. The van der Waals surface area contributed by atoms with E-state index in [0.717, 1.165) is 48.0 Å². The summed E-state index contributed by atoms with van der Waals surface area (Å²) in [5.41, 5.74) is 5.71. The summed E-state index contributed by atoms with van der Waals surface area (Å²) in [5, 5.41) is 5.06. The summed E-state index contributed by atoms with van der Waals surface area (Å²) in [5.74, 6) is 1.29. The molecular weight excluding hydrogens is 340 g/mol. The fraction of sp³-hybridized carbons (Fsp3) is 0.476. The molecule has 1 aliphatic heterocycles. The first kappa shape index (κ1) is 17.8. The van der Waals surface area contributed by atoms with E-state index >= 15 is 0 Å². The average molecular weight is 366 g/mol. The Kier molecular flexibility index (Phi) is 4.50. The first-order valence-corrected chi connectivity index (χ1v) is 9.62. The van der Waals surface area contributed by atoms with Crippen LogP contribution in [0.3, 0.4) is 0 Å². The molecule has 3 heterocycles. The summed E-state index contributed by atoms with van der Waals surface area (Å²) < 4.78 is 5.38. The largest absolute Gasteiger partial charge is 0.358 e. The number of hydrogen-bond donors (Lipinski definition) is 1. The maximum absolute atomic E-state index is 13.2. The predicted octanol–water partition coefficient (Wildman–Crippen LogP) is 4.08. The van der Waals surface area contributed by atoms with Crippen LogP contribution < -0.4 is 0 Å². The van der Waals surface area contributed by atoms with Gasteiger partial charge in [-0.3, -0.25) is 4.79 Å². The molecule has 0 unspecified atom stereocenters. The van der Waals surface area contributed by atoms with Crippen molar-refractivity contribution in [3.05, 3.63) is 46.2 Å². The second-order valence-corrected chi connectivity index (χ2v) is 7.69. The van der Waals surface area contributed by atoms with E-state index in [-0.39, 0.29) is 11.9 Å². The Labute approximate surface area is 158 Å². The molecule has 1 aromatic carbocycles. The van der Waals surface area contributed by atoms with Crippen molar-refractivity contribution in [1.29, 1.82) is 0 Å². The van der Waals surface area contributed by atoms with Crippen LogP contribution in [0.4, 0.5) is 0 Å². The van der Waals surface area contributed by atoms with Crippen LogP contribution in [-0.2, 0) is 11.2 Å². The molecular formula is C21H26N4O2. The van der Waals surface area contributed by atoms with Gasteiger partial charge in [0.2, 0.25) is 11.8 Å². The molecule has 0 bridgehead atoms. The molecule has 2 aromatic heterocycles. The lowest BCUT2D eigenvalue weighted by Crippen LogP contribution is -2.39. The number of rotatable bonds is 3. The van der Waals surface area contributed by atoms with Crippen molar-refractivity contribution in [2.45, 2.75) is 59.4 Å². The van der Waals surface area contributed by atoms with Crippen LogP contribution in [-0.4, -0.2) is 32.5 Å². The number of carbonyl (C=O) groups is 1. The summed E-state index contributed by atoms with van der Waals surface area (Å²) in [4.78, 5) is 23.0. The van der Waals surface area contributed by atoms with Gasteiger partial charge in [-0.15, -0.1) is 0 Å². The number of likely N-dealkylation sites (tertiary alicyclic amines) is 1. The lowest BCUT2D eigenvalue weighted by Gasteiger charge is -2.33. The van der Waals surface area contributed by atoms with E-state index in [0.29, 0.717) is 18.1 Å². The number of hydrogen-bond acceptors (Lipinski definition) is 4. The molecule has 1 aliphatic rings. The minimum Gasteiger partial charge on any atom is -0.358 e. The lowest BCUT2D eigenvalue weighted by molar-refractivity contribution is -0.135. The normalized spacial score (nSPS) is 17.6. The average Bonchev–Trinajstić information content (AvgIpc) is 3.20. The first-order valence-electron chi connectivity index (χ1n) is 9.62. The minimum atomic E-state index is -0.110. The van der Waals surface area contributed by atoms with E-state index in [2.05, 4.69) is 41.1 Å². The van der Waals surface area contributed by atoms with E-state index < -0.39 is 0 Å². The van der Waals surface area contributed by atoms with Crippen molar-refractivity contribution in [1.82, 2.24) is 20.0 Å². The van der Waals surface area contributed by atoms with Crippen LogP contribution in [0, 0.1) is 27.7 Å². The number of amides is 1. The van der Waals surface area contributed by atoms with Gasteiger partial charge >= 0.3 is 0 Å². The van der Waals surface area contributed by atoms with Gasteiger partial charge in [0.1, 0.15) is 6.04 Å². The Morgan fingerprint density at radius 3 is 2.81 bits per heavy atom. The highest BCUT2D eigenvalue weighted by Crippen LogP contribution is 2.32. The van der Waals surface area contributed by atoms with Crippen molar-refractivity contribution in [2.24, 2.45) is 0 Å². The molecule has 6 heteroatoms. The number of piperidine rings is 1. The lowest BCUT2D eigenvalue weighted by atomic mass is 9.99. The summed E-state index contributed by atoms with van der Waals surface area (Å²) in [6, 6.07) is 4.23. The topological polar surface area (TPSA) is 75.0 Å². The number of carbonyl (C=O) groups excluding carboxylic acids is 1. The number of nitrogens with zero attached hydrogens (tertiary/aromatic N) is 3. The van der Waals surface area contributed by atoms with Gasteiger partial charge in [-0.2, -0.15) is 4.98 Å². The number of nitrogens with one attached hydrogen (secondary N) is 1. The molecule has 142 valence electrons. The molecule has 0 spiro atoms. The Bertz CT molecular complexity index is 1000. The van der Waals surface area contributed by atoms with Crippen molar-refractivity contribution in [2.75, 3.05) is 6.54 Å². The van der Waals surface area contributed by atoms with E-state index in [1.807, 2.05) is 18.7 Å². The number of H-pyrrole nitrogens is 1. The van der Waals surface area contributed by atoms with Gasteiger partial charge in [0.05, 0.1) is 6.42 Å². The van der Waals surface area contributed by atoms with Gasteiger partial charge in [0.25, 0.3) is 0 Å². The van der Waals surface area contributed by atoms with Crippen molar-refractivity contribution in [3.63, 3.8) is 0 Å². The van der Waals surface area contributed by atoms with Gasteiger partial charge in [-0.1, -0.05) is 16.8 Å². The third-order valence-electron chi connectivity index (χ3n) is 5.55. The van der Waals surface area contributed by atoms with Gasteiger partial charge in [0, 0.05) is 23.1 Å². The number of benzene rings is 1. The van der Waals surface area contributed by atoms with Gasteiger partial charge < -0.3 is 14.4 Å². The number of aromatic amines is 1. The third kappa shape index (κ3) is 3.24. The quantitative estimate of drug-likeness (QED) is 0.758. The molecule has 27 heavy (non-hydrogen) atoms. The smallest absolute Gasteiger partial charge is 0.249 e. The van der Waals surface area contributed by atoms with E-state index in [1.165, 1.54) is 11.1 Å². The molecule has 0 radical (unpaired) electrons. The third-order valence-corrected chi connectivity index (χ3v) is 5.55. The SMILES string of the molecule is Cc1cc(C)c2[nH]c(C)c(CC(=O)N3CCCC[C@H]3c3nc(C)no3)c2c1. The molecule has 1 N–H and O–H groups in total. The van der Waals surface area contributed by atoms with E-state index in [4.69, 9.17) is 4.52 Å². The molecule has 1 amide bonds. The summed E-state index contributed by atoms with van der Waals surface area (Å²) in [6.45, 7) is 8.80. The molecule has 0 aliphatic carbocycles. The maximum Gasteiger partial charge on any atom is 0.249 e. The van der Waals surface area contributed by atoms with Gasteiger partial charge in [0.15, 0.2) is 5.82 Å². The van der Waals surface area contributed by atoms with Crippen LogP contribution in [0.25, 0.3) is 10.9 Å².